The van der Waals surface area contributed by atoms with Gasteiger partial charge in [0.05, 0.1) is 20.4 Å². The van der Waals surface area contributed by atoms with E-state index in [0.29, 0.717) is 16.6 Å². The van der Waals surface area contributed by atoms with Crippen molar-refractivity contribution in [2.24, 2.45) is 5.10 Å². The minimum Gasteiger partial charge on any atom is -0.497 e. The number of thiocarbonyl (C=S) groups is 1. The second kappa shape index (κ2) is 8.31. The molecule has 0 aromatic heterocycles. The SMILES string of the molecule is COc1cc(C=NNC(=S)Nc2ccc(C)cc2C)cc(OC)c1. The molecule has 0 fully saturated rings. The van der Waals surface area contributed by atoms with Crippen LogP contribution in [0.4, 0.5) is 5.69 Å². The topological polar surface area (TPSA) is 54.9 Å². The van der Waals surface area contributed by atoms with Crippen molar-refractivity contribution in [2.75, 3.05) is 19.5 Å². The van der Waals surface area contributed by atoms with E-state index in [-0.39, 0.29) is 0 Å². The molecule has 0 unspecified atom stereocenters. The van der Waals surface area contributed by atoms with Gasteiger partial charge in [-0.3, -0.25) is 5.43 Å². The van der Waals surface area contributed by atoms with Crippen molar-refractivity contribution in [3.63, 3.8) is 0 Å². The summed E-state index contributed by atoms with van der Waals surface area (Å²) in [6.45, 7) is 4.09. The Hall–Kier alpha value is -2.60. The van der Waals surface area contributed by atoms with Crippen LogP contribution in [-0.4, -0.2) is 25.5 Å². The molecule has 0 amide bonds. The molecule has 2 rings (SSSR count). The first-order chi connectivity index (χ1) is 11.5. The van der Waals surface area contributed by atoms with Crippen molar-refractivity contribution in [1.82, 2.24) is 5.43 Å². The number of benzene rings is 2. The normalized spacial score (nSPS) is 10.5. The van der Waals surface area contributed by atoms with Crippen molar-refractivity contribution in [3.8, 4) is 11.5 Å². The number of hydrogen-bond donors (Lipinski definition) is 2. The summed E-state index contributed by atoms with van der Waals surface area (Å²) in [5.74, 6) is 1.40. The van der Waals surface area contributed by atoms with Gasteiger partial charge in [-0.2, -0.15) is 5.10 Å². The highest BCUT2D eigenvalue weighted by molar-refractivity contribution is 7.80. The van der Waals surface area contributed by atoms with Crippen LogP contribution in [0, 0.1) is 13.8 Å². The molecule has 0 saturated carbocycles. The zero-order valence-electron chi connectivity index (χ0n) is 14.2. The summed E-state index contributed by atoms with van der Waals surface area (Å²) < 4.78 is 10.5. The molecule has 0 aliphatic heterocycles. The molecule has 5 nitrogen and oxygen atoms in total. The van der Waals surface area contributed by atoms with E-state index in [1.165, 1.54) is 5.56 Å². The highest BCUT2D eigenvalue weighted by Crippen LogP contribution is 2.21. The molecule has 6 heteroatoms. The van der Waals surface area contributed by atoms with E-state index in [4.69, 9.17) is 21.7 Å². The number of rotatable bonds is 5. The lowest BCUT2D eigenvalue weighted by molar-refractivity contribution is 0.394. The molecule has 0 bridgehead atoms. The fraction of sp³-hybridized carbons (Fsp3) is 0.222. The molecule has 24 heavy (non-hydrogen) atoms. The van der Waals surface area contributed by atoms with Crippen LogP contribution in [0.3, 0.4) is 0 Å². The first kappa shape index (κ1) is 17.7. The van der Waals surface area contributed by atoms with E-state index < -0.39 is 0 Å². The lowest BCUT2D eigenvalue weighted by atomic mass is 10.1. The standard InChI is InChI=1S/C18H21N3O2S/c1-12-5-6-17(13(2)7-12)20-18(24)21-19-11-14-8-15(22-3)10-16(9-14)23-4/h5-11H,1-4H3,(H2,20,21,24). The third kappa shape index (κ3) is 4.96. The van der Waals surface area contributed by atoms with Gasteiger partial charge in [-0.05, 0) is 49.8 Å². The van der Waals surface area contributed by atoms with Crippen LogP contribution in [0.5, 0.6) is 11.5 Å². The molecule has 0 spiro atoms. The predicted molar refractivity (Wildman–Crippen MR) is 102 cm³/mol. The van der Waals surface area contributed by atoms with E-state index in [1.807, 2.05) is 31.2 Å². The first-order valence-electron chi connectivity index (χ1n) is 7.42. The Kier molecular flexibility index (Phi) is 6.14. The lowest BCUT2D eigenvalue weighted by Gasteiger charge is -2.10. The summed E-state index contributed by atoms with van der Waals surface area (Å²) in [7, 11) is 3.22. The fourth-order valence-electron chi connectivity index (χ4n) is 2.17. The second-order valence-corrected chi connectivity index (χ2v) is 5.70. The van der Waals surface area contributed by atoms with Crippen LogP contribution in [0.25, 0.3) is 0 Å². The molecule has 126 valence electrons. The Morgan fingerprint density at radius 1 is 1.04 bits per heavy atom. The number of aryl methyl sites for hydroxylation is 2. The molecule has 0 saturated heterocycles. The van der Waals surface area contributed by atoms with E-state index in [0.717, 1.165) is 16.8 Å². The van der Waals surface area contributed by atoms with Gasteiger partial charge in [0.25, 0.3) is 0 Å². The van der Waals surface area contributed by atoms with Crippen molar-refractivity contribution in [1.29, 1.82) is 0 Å². The number of hydrazone groups is 1. The Morgan fingerprint density at radius 2 is 1.71 bits per heavy atom. The van der Waals surface area contributed by atoms with Crippen LogP contribution in [-0.2, 0) is 0 Å². The van der Waals surface area contributed by atoms with Gasteiger partial charge in [0.15, 0.2) is 5.11 Å². The molecule has 0 aliphatic carbocycles. The van der Waals surface area contributed by atoms with Crippen molar-refractivity contribution < 1.29 is 9.47 Å². The van der Waals surface area contributed by atoms with E-state index in [2.05, 4.69) is 28.8 Å². The van der Waals surface area contributed by atoms with Crippen molar-refractivity contribution in [3.05, 3.63) is 53.1 Å². The number of hydrogen-bond acceptors (Lipinski definition) is 4. The summed E-state index contributed by atoms with van der Waals surface area (Å²) in [5.41, 5.74) is 6.94. The average molecular weight is 343 g/mol. The smallest absolute Gasteiger partial charge is 0.191 e. The summed E-state index contributed by atoms with van der Waals surface area (Å²) in [6, 6.07) is 11.6. The number of ether oxygens (including phenoxy) is 2. The summed E-state index contributed by atoms with van der Waals surface area (Å²) >= 11 is 5.26. The van der Waals surface area contributed by atoms with Gasteiger partial charge in [-0.15, -0.1) is 0 Å². The van der Waals surface area contributed by atoms with Crippen LogP contribution < -0.4 is 20.2 Å². The maximum Gasteiger partial charge on any atom is 0.191 e. The minimum atomic E-state index is 0.424. The first-order valence-corrected chi connectivity index (χ1v) is 7.83. The van der Waals surface area contributed by atoms with E-state index >= 15 is 0 Å². The monoisotopic (exact) mass is 343 g/mol. The summed E-state index contributed by atoms with van der Waals surface area (Å²) in [4.78, 5) is 0. The van der Waals surface area contributed by atoms with Crippen LogP contribution in [0.2, 0.25) is 0 Å². The molecule has 0 radical (unpaired) electrons. The lowest BCUT2D eigenvalue weighted by Crippen LogP contribution is -2.24. The number of nitrogens with zero attached hydrogens (tertiary/aromatic N) is 1. The van der Waals surface area contributed by atoms with Gasteiger partial charge in [-0.1, -0.05) is 17.7 Å². The minimum absolute atomic E-state index is 0.424. The third-order valence-corrected chi connectivity index (χ3v) is 3.58. The van der Waals surface area contributed by atoms with Crippen LogP contribution in [0.1, 0.15) is 16.7 Å². The van der Waals surface area contributed by atoms with Gasteiger partial charge in [0.2, 0.25) is 0 Å². The van der Waals surface area contributed by atoms with Crippen LogP contribution in [0.15, 0.2) is 41.5 Å². The van der Waals surface area contributed by atoms with Crippen LogP contribution >= 0.6 is 12.2 Å². The molecule has 2 aromatic carbocycles. The summed E-state index contributed by atoms with van der Waals surface area (Å²) in [5, 5.41) is 7.70. The molecule has 2 N–H and O–H groups in total. The average Bonchev–Trinajstić information content (AvgIpc) is 2.57. The Balaban J connectivity index is 1.99. The highest BCUT2D eigenvalue weighted by Gasteiger charge is 2.02. The molecular formula is C18H21N3O2S. The van der Waals surface area contributed by atoms with Crippen molar-refractivity contribution in [2.45, 2.75) is 13.8 Å². The number of anilines is 1. The molecular weight excluding hydrogens is 322 g/mol. The third-order valence-electron chi connectivity index (χ3n) is 3.38. The maximum absolute atomic E-state index is 5.26. The zero-order chi connectivity index (χ0) is 17.5. The highest BCUT2D eigenvalue weighted by atomic mass is 32.1. The maximum atomic E-state index is 5.26. The van der Waals surface area contributed by atoms with Gasteiger partial charge in [-0.25, -0.2) is 0 Å². The molecule has 0 atom stereocenters. The quantitative estimate of drug-likeness (QED) is 0.493. The Morgan fingerprint density at radius 3 is 2.29 bits per heavy atom. The van der Waals surface area contributed by atoms with Crippen molar-refractivity contribution >= 4 is 29.2 Å². The summed E-state index contributed by atoms with van der Waals surface area (Å²) in [6.07, 6.45) is 1.65. The van der Waals surface area contributed by atoms with E-state index in [1.54, 1.807) is 26.5 Å². The Bertz CT molecular complexity index is 738. The zero-order valence-corrected chi connectivity index (χ0v) is 15.0. The second-order valence-electron chi connectivity index (χ2n) is 5.29. The van der Waals surface area contributed by atoms with Gasteiger partial charge >= 0.3 is 0 Å². The molecule has 2 aromatic rings. The fourth-order valence-corrected chi connectivity index (χ4v) is 2.34. The molecule has 0 aliphatic rings. The van der Waals surface area contributed by atoms with Gasteiger partial charge in [0.1, 0.15) is 11.5 Å². The van der Waals surface area contributed by atoms with Gasteiger partial charge in [0, 0.05) is 17.3 Å². The van der Waals surface area contributed by atoms with E-state index in [9.17, 15) is 0 Å². The number of methoxy groups -OCH3 is 2. The predicted octanol–water partition coefficient (Wildman–Crippen LogP) is 3.64. The largest absolute Gasteiger partial charge is 0.497 e. The van der Waals surface area contributed by atoms with Gasteiger partial charge < -0.3 is 14.8 Å². The Labute approximate surface area is 147 Å². The molecule has 0 heterocycles. The number of nitrogens with one attached hydrogen (secondary N) is 2.